The van der Waals surface area contributed by atoms with Gasteiger partial charge in [0.1, 0.15) is 12.3 Å². The van der Waals surface area contributed by atoms with Gasteiger partial charge in [-0.25, -0.2) is 13.8 Å². The van der Waals surface area contributed by atoms with Crippen LogP contribution < -0.4 is 14.5 Å². The van der Waals surface area contributed by atoms with E-state index in [9.17, 15) is 13.2 Å². The first kappa shape index (κ1) is 22.8. The Morgan fingerprint density at radius 3 is 2.26 bits per heavy atom. The molecule has 1 amide bonds. The maximum atomic E-state index is 13.4. The first-order chi connectivity index (χ1) is 15.0. The molecule has 0 spiro atoms. The standard InChI is InChI=1S/C23H29N3O4S/c1-2-30-21-14-16-22(17-15-21)31(28,29)26(20-12-8-5-9-13-20)18-23(27)25-24-19-10-6-3-4-7-11-19/h5,8-9,12-17H,2-4,6-7,10-11,18H2,1H3,(H,25,27). The summed E-state index contributed by atoms with van der Waals surface area (Å²) in [4.78, 5) is 12.7. The van der Waals surface area contributed by atoms with Crippen LogP contribution in [0.15, 0.2) is 64.6 Å². The average Bonchev–Trinajstić information content (AvgIpc) is 3.06. The molecule has 1 saturated carbocycles. The van der Waals surface area contributed by atoms with Gasteiger partial charge in [0.25, 0.3) is 15.9 Å². The quantitative estimate of drug-likeness (QED) is 0.491. The lowest BCUT2D eigenvalue weighted by Crippen LogP contribution is -2.39. The van der Waals surface area contributed by atoms with E-state index in [0.29, 0.717) is 18.0 Å². The molecule has 1 aliphatic rings. The number of sulfonamides is 1. The van der Waals surface area contributed by atoms with Crippen molar-refractivity contribution in [2.24, 2.45) is 5.10 Å². The highest BCUT2D eigenvalue weighted by molar-refractivity contribution is 7.92. The second-order valence-corrected chi connectivity index (χ2v) is 9.24. The molecule has 0 radical (unpaired) electrons. The summed E-state index contributed by atoms with van der Waals surface area (Å²) in [5, 5.41) is 4.26. The van der Waals surface area contributed by atoms with Crippen LogP contribution in [0, 0.1) is 0 Å². The van der Waals surface area contributed by atoms with Gasteiger partial charge in [-0.3, -0.25) is 9.10 Å². The largest absolute Gasteiger partial charge is 0.494 e. The highest BCUT2D eigenvalue weighted by Crippen LogP contribution is 2.25. The summed E-state index contributed by atoms with van der Waals surface area (Å²) in [5.41, 5.74) is 3.93. The van der Waals surface area contributed by atoms with Crippen molar-refractivity contribution in [3.05, 3.63) is 54.6 Å². The third-order valence-corrected chi connectivity index (χ3v) is 6.86. The minimum atomic E-state index is -3.96. The lowest BCUT2D eigenvalue weighted by Gasteiger charge is -2.23. The predicted octanol–water partition coefficient (Wildman–Crippen LogP) is 4.11. The lowest BCUT2D eigenvalue weighted by atomic mass is 10.2. The topological polar surface area (TPSA) is 88.1 Å². The molecule has 8 heteroatoms. The van der Waals surface area contributed by atoms with Crippen LogP contribution in [-0.4, -0.2) is 33.2 Å². The van der Waals surface area contributed by atoms with Gasteiger partial charge in [0, 0.05) is 5.71 Å². The molecule has 166 valence electrons. The highest BCUT2D eigenvalue weighted by atomic mass is 32.2. The van der Waals surface area contributed by atoms with Crippen molar-refractivity contribution in [2.45, 2.75) is 50.3 Å². The van der Waals surface area contributed by atoms with E-state index in [2.05, 4.69) is 10.5 Å². The zero-order valence-corrected chi connectivity index (χ0v) is 18.6. The molecule has 31 heavy (non-hydrogen) atoms. The minimum Gasteiger partial charge on any atom is -0.494 e. The highest BCUT2D eigenvalue weighted by Gasteiger charge is 2.27. The van der Waals surface area contributed by atoms with Crippen LogP contribution in [0.3, 0.4) is 0 Å². The molecule has 3 rings (SSSR count). The van der Waals surface area contributed by atoms with Crippen LogP contribution >= 0.6 is 0 Å². The zero-order chi connectivity index (χ0) is 22.1. The fraction of sp³-hybridized carbons (Fsp3) is 0.391. The summed E-state index contributed by atoms with van der Waals surface area (Å²) in [6.07, 6.45) is 6.22. The van der Waals surface area contributed by atoms with Crippen LogP contribution in [0.5, 0.6) is 5.75 Å². The van der Waals surface area contributed by atoms with Gasteiger partial charge < -0.3 is 4.74 Å². The maximum absolute atomic E-state index is 13.4. The van der Waals surface area contributed by atoms with E-state index >= 15 is 0 Å². The Morgan fingerprint density at radius 2 is 1.65 bits per heavy atom. The Morgan fingerprint density at radius 1 is 1.00 bits per heavy atom. The molecule has 0 aromatic heterocycles. The van der Waals surface area contributed by atoms with Gasteiger partial charge in [0.05, 0.1) is 17.2 Å². The number of rotatable bonds is 8. The van der Waals surface area contributed by atoms with E-state index < -0.39 is 15.9 Å². The number of hydrogen-bond donors (Lipinski definition) is 1. The SMILES string of the molecule is CCOc1ccc(S(=O)(=O)N(CC(=O)NN=C2CCCCCC2)c2ccccc2)cc1. The molecular formula is C23H29N3O4S. The van der Waals surface area contributed by atoms with Crippen molar-refractivity contribution in [1.29, 1.82) is 0 Å². The molecule has 0 saturated heterocycles. The van der Waals surface area contributed by atoms with Crippen molar-refractivity contribution in [1.82, 2.24) is 5.43 Å². The van der Waals surface area contributed by atoms with E-state index in [1.807, 2.05) is 6.92 Å². The van der Waals surface area contributed by atoms with E-state index in [1.165, 1.54) is 25.0 Å². The normalized spacial score (nSPS) is 14.4. The molecule has 2 aromatic carbocycles. The fourth-order valence-corrected chi connectivity index (χ4v) is 4.89. The molecular weight excluding hydrogens is 414 g/mol. The monoisotopic (exact) mass is 443 g/mol. The average molecular weight is 444 g/mol. The van der Waals surface area contributed by atoms with Gasteiger partial charge >= 0.3 is 0 Å². The van der Waals surface area contributed by atoms with Crippen LogP contribution in [0.25, 0.3) is 0 Å². The van der Waals surface area contributed by atoms with Crippen LogP contribution in [-0.2, 0) is 14.8 Å². The summed E-state index contributed by atoms with van der Waals surface area (Å²) in [7, 11) is -3.96. The van der Waals surface area contributed by atoms with Gasteiger partial charge in [-0.2, -0.15) is 5.10 Å². The predicted molar refractivity (Wildman–Crippen MR) is 122 cm³/mol. The van der Waals surface area contributed by atoms with Crippen LogP contribution in [0.1, 0.15) is 45.4 Å². The molecule has 7 nitrogen and oxygen atoms in total. The number of ether oxygens (including phenoxy) is 1. The number of anilines is 1. The first-order valence-corrected chi connectivity index (χ1v) is 12.1. The number of para-hydroxylation sites is 1. The maximum Gasteiger partial charge on any atom is 0.264 e. The van der Waals surface area contributed by atoms with Gasteiger partial charge in [0.2, 0.25) is 0 Å². The van der Waals surface area contributed by atoms with Crippen molar-refractivity contribution >= 4 is 27.3 Å². The van der Waals surface area contributed by atoms with Crippen LogP contribution in [0.2, 0.25) is 0 Å². The van der Waals surface area contributed by atoms with Crippen molar-refractivity contribution in [3.8, 4) is 5.75 Å². The number of carbonyl (C=O) groups is 1. The van der Waals surface area contributed by atoms with E-state index in [0.717, 1.165) is 35.7 Å². The number of hydrogen-bond acceptors (Lipinski definition) is 5. The Labute approximate surface area is 184 Å². The Kier molecular flexibility index (Phi) is 8.06. The minimum absolute atomic E-state index is 0.0858. The summed E-state index contributed by atoms with van der Waals surface area (Å²) < 4.78 is 33.2. The lowest BCUT2D eigenvalue weighted by molar-refractivity contribution is -0.119. The first-order valence-electron chi connectivity index (χ1n) is 10.7. The molecule has 1 N–H and O–H groups in total. The molecule has 0 atom stereocenters. The smallest absolute Gasteiger partial charge is 0.264 e. The van der Waals surface area contributed by atoms with Crippen molar-refractivity contribution < 1.29 is 17.9 Å². The second-order valence-electron chi connectivity index (χ2n) is 7.38. The molecule has 0 aliphatic heterocycles. The molecule has 2 aromatic rings. The summed E-state index contributed by atoms with van der Waals surface area (Å²) >= 11 is 0. The van der Waals surface area contributed by atoms with E-state index in [-0.39, 0.29) is 11.4 Å². The number of hydrazone groups is 1. The second kappa shape index (κ2) is 10.9. The third-order valence-electron chi connectivity index (χ3n) is 5.07. The molecule has 0 bridgehead atoms. The Hall–Kier alpha value is -2.87. The number of carbonyl (C=O) groups excluding carboxylic acids is 1. The fourth-order valence-electron chi connectivity index (χ4n) is 3.47. The third kappa shape index (κ3) is 6.30. The number of amides is 1. The number of benzene rings is 2. The molecule has 1 aliphatic carbocycles. The van der Waals surface area contributed by atoms with Gasteiger partial charge in [-0.15, -0.1) is 0 Å². The van der Waals surface area contributed by atoms with E-state index in [4.69, 9.17) is 4.74 Å². The number of nitrogens with one attached hydrogen (secondary N) is 1. The van der Waals surface area contributed by atoms with Crippen LogP contribution in [0.4, 0.5) is 5.69 Å². The molecule has 0 unspecified atom stereocenters. The van der Waals surface area contributed by atoms with Crippen molar-refractivity contribution in [2.75, 3.05) is 17.5 Å². The summed E-state index contributed by atoms with van der Waals surface area (Å²) in [6, 6.07) is 14.8. The number of nitrogens with zero attached hydrogens (tertiary/aromatic N) is 2. The van der Waals surface area contributed by atoms with Gasteiger partial charge in [-0.05, 0) is 69.0 Å². The molecule has 1 fully saturated rings. The zero-order valence-electron chi connectivity index (χ0n) is 17.8. The van der Waals surface area contributed by atoms with Gasteiger partial charge in [0.15, 0.2) is 0 Å². The summed E-state index contributed by atoms with van der Waals surface area (Å²) in [6.45, 7) is 1.99. The Balaban J connectivity index is 1.81. The van der Waals surface area contributed by atoms with E-state index in [1.54, 1.807) is 42.5 Å². The summed E-state index contributed by atoms with van der Waals surface area (Å²) in [5.74, 6) is 0.111. The molecule has 0 heterocycles. The Bertz CT molecular complexity index is 979. The van der Waals surface area contributed by atoms with Crippen molar-refractivity contribution in [3.63, 3.8) is 0 Å². The van der Waals surface area contributed by atoms with Gasteiger partial charge in [-0.1, -0.05) is 31.0 Å².